The summed E-state index contributed by atoms with van der Waals surface area (Å²) in [7, 11) is 0. The molecule has 1 aliphatic heterocycles. The van der Waals surface area contributed by atoms with Crippen LogP contribution in [-0.2, 0) is 11.3 Å². The maximum absolute atomic E-state index is 13.6. The molecule has 0 spiro atoms. The highest BCUT2D eigenvalue weighted by Gasteiger charge is 2.27. The van der Waals surface area contributed by atoms with E-state index in [0.29, 0.717) is 31.8 Å². The largest absolute Gasteiger partial charge is 0.367 e. The molecule has 24 heavy (non-hydrogen) atoms. The summed E-state index contributed by atoms with van der Waals surface area (Å²) in [4.78, 5) is 18.5. The number of benzene rings is 1. The molecule has 0 bridgehead atoms. The molecule has 1 fully saturated rings. The molecule has 0 unspecified atom stereocenters. The van der Waals surface area contributed by atoms with E-state index in [0.717, 1.165) is 16.3 Å². The van der Waals surface area contributed by atoms with Crippen LogP contribution in [0.1, 0.15) is 27.9 Å². The number of halogens is 1. The molecule has 128 valence electrons. The van der Waals surface area contributed by atoms with Crippen LogP contribution in [0.4, 0.5) is 9.18 Å². The fraction of sp³-hybridized carbons (Fsp3) is 0.412. The molecule has 5 nitrogen and oxygen atoms in total. The molecule has 7 heteroatoms. The van der Waals surface area contributed by atoms with Crippen molar-refractivity contribution in [3.05, 3.63) is 51.2 Å². The third-order valence-corrected chi connectivity index (χ3v) is 5.00. The van der Waals surface area contributed by atoms with Crippen LogP contribution < -0.4 is 5.32 Å². The second-order valence-corrected chi connectivity index (χ2v) is 6.76. The van der Waals surface area contributed by atoms with Gasteiger partial charge in [0.05, 0.1) is 13.2 Å². The number of urea groups is 1. The van der Waals surface area contributed by atoms with Crippen LogP contribution in [-0.4, -0.2) is 35.6 Å². The zero-order chi connectivity index (χ0) is 17.1. The van der Waals surface area contributed by atoms with Crippen LogP contribution in [0.3, 0.4) is 0 Å². The van der Waals surface area contributed by atoms with Gasteiger partial charge in [-0.1, -0.05) is 12.1 Å². The number of carbonyl (C=O) groups excluding carboxylic acids is 1. The third kappa shape index (κ3) is 3.91. The van der Waals surface area contributed by atoms with E-state index in [1.54, 1.807) is 29.2 Å². The Morgan fingerprint density at radius 1 is 1.50 bits per heavy atom. The number of nitrogens with one attached hydrogen (secondary N) is 1. The topological polar surface area (TPSA) is 54.5 Å². The molecule has 0 aliphatic carbocycles. The second kappa shape index (κ2) is 7.27. The van der Waals surface area contributed by atoms with Gasteiger partial charge in [-0.05, 0) is 31.0 Å². The summed E-state index contributed by atoms with van der Waals surface area (Å²) >= 11 is 1.55. The molecule has 1 aromatic heterocycles. The van der Waals surface area contributed by atoms with Gasteiger partial charge in [-0.3, -0.25) is 0 Å². The van der Waals surface area contributed by atoms with E-state index in [1.807, 2.05) is 18.4 Å². The Hall–Kier alpha value is -1.99. The van der Waals surface area contributed by atoms with Crippen molar-refractivity contribution in [1.82, 2.24) is 15.2 Å². The summed E-state index contributed by atoms with van der Waals surface area (Å²) in [5.41, 5.74) is 2.30. The zero-order valence-electron chi connectivity index (χ0n) is 13.7. The number of carbonyl (C=O) groups is 1. The molecular weight excluding hydrogens is 329 g/mol. The number of morpholine rings is 1. The smallest absolute Gasteiger partial charge is 0.317 e. The van der Waals surface area contributed by atoms with Gasteiger partial charge in [0.1, 0.15) is 16.9 Å². The van der Waals surface area contributed by atoms with Gasteiger partial charge in [-0.15, -0.1) is 11.3 Å². The predicted octanol–water partition coefficient (Wildman–Crippen LogP) is 3.18. The standard InChI is InChI=1S/C17H20FN3O2S/c1-11-3-4-13(7-14(11)18)8-19-17(22)21-5-6-23-15(9-21)16-20-12(2)10-24-16/h3-4,7,10,15H,5-6,8-9H2,1-2H3,(H,19,22)/t15-/m1/s1. The quantitative estimate of drug-likeness (QED) is 0.926. The number of ether oxygens (including phenoxy) is 1. The van der Waals surface area contributed by atoms with E-state index in [1.165, 1.54) is 6.07 Å². The first-order chi connectivity index (χ1) is 11.5. The summed E-state index contributed by atoms with van der Waals surface area (Å²) in [6, 6.07) is 4.82. The van der Waals surface area contributed by atoms with E-state index in [-0.39, 0.29) is 18.0 Å². The van der Waals surface area contributed by atoms with Crippen LogP contribution in [0.2, 0.25) is 0 Å². The van der Waals surface area contributed by atoms with Crippen molar-refractivity contribution in [2.24, 2.45) is 0 Å². The van der Waals surface area contributed by atoms with Crippen LogP contribution in [0, 0.1) is 19.7 Å². The van der Waals surface area contributed by atoms with Crippen molar-refractivity contribution in [3.63, 3.8) is 0 Å². The van der Waals surface area contributed by atoms with Gasteiger partial charge < -0.3 is 15.0 Å². The fourth-order valence-electron chi connectivity index (χ4n) is 2.54. The number of thiazole rings is 1. The molecule has 0 radical (unpaired) electrons. The normalized spacial score (nSPS) is 17.8. The first kappa shape index (κ1) is 16.9. The summed E-state index contributed by atoms with van der Waals surface area (Å²) in [6.45, 7) is 5.44. The van der Waals surface area contributed by atoms with Crippen molar-refractivity contribution in [1.29, 1.82) is 0 Å². The van der Waals surface area contributed by atoms with E-state index < -0.39 is 0 Å². The minimum Gasteiger partial charge on any atom is -0.367 e. The van der Waals surface area contributed by atoms with Crippen molar-refractivity contribution < 1.29 is 13.9 Å². The van der Waals surface area contributed by atoms with E-state index in [9.17, 15) is 9.18 Å². The lowest BCUT2D eigenvalue weighted by Crippen LogP contribution is -2.46. The Balaban J connectivity index is 1.57. The van der Waals surface area contributed by atoms with Crippen LogP contribution >= 0.6 is 11.3 Å². The molecule has 1 N–H and O–H groups in total. The second-order valence-electron chi connectivity index (χ2n) is 5.87. The summed E-state index contributed by atoms with van der Waals surface area (Å²) in [6.07, 6.45) is -0.181. The van der Waals surface area contributed by atoms with Crippen molar-refractivity contribution in [3.8, 4) is 0 Å². The van der Waals surface area contributed by atoms with Gasteiger partial charge in [0, 0.05) is 24.2 Å². The average molecular weight is 349 g/mol. The van der Waals surface area contributed by atoms with Gasteiger partial charge in [0.2, 0.25) is 0 Å². The monoisotopic (exact) mass is 349 g/mol. The number of amides is 2. The maximum atomic E-state index is 13.6. The van der Waals surface area contributed by atoms with Gasteiger partial charge in [-0.2, -0.15) is 0 Å². The molecule has 3 rings (SSSR count). The number of rotatable bonds is 3. The first-order valence-corrected chi connectivity index (χ1v) is 8.72. The molecular formula is C17H20FN3O2S. The number of nitrogens with zero attached hydrogens (tertiary/aromatic N) is 2. The van der Waals surface area contributed by atoms with Crippen LogP contribution in [0.5, 0.6) is 0 Å². The predicted molar refractivity (Wildman–Crippen MR) is 90.5 cm³/mol. The molecule has 1 saturated heterocycles. The maximum Gasteiger partial charge on any atom is 0.317 e. The molecule has 2 amide bonds. The van der Waals surface area contributed by atoms with E-state index >= 15 is 0 Å². The first-order valence-electron chi connectivity index (χ1n) is 7.84. The van der Waals surface area contributed by atoms with Gasteiger partial charge in [0.15, 0.2) is 0 Å². The molecule has 1 aromatic carbocycles. The van der Waals surface area contributed by atoms with Gasteiger partial charge >= 0.3 is 6.03 Å². The Morgan fingerprint density at radius 2 is 2.33 bits per heavy atom. The molecule has 2 aromatic rings. The summed E-state index contributed by atoms with van der Waals surface area (Å²) in [5.74, 6) is -0.257. The van der Waals surface area contributed by atoms with Crippen molar-refractivity contribution >= 4 is 17.4 Å². The highest BCUT2D eigenvalue weighted by molar-refractivity contribution is 7.09. The van der Waals surface area contributed by atoms with Crippen LogP contribution in [0.15, 0.2) is 23.6 Å². The van der Waals surface area contributed by atoms with Gasteiger partial charge in [-0.25, -0.2) is 14.2 Å². The number of aromatic nitrogens is 1. The van der Waals surface area contributed by atoms with E-state index in [2.05, 4.69) is 10.3 Å². The average Bonchev–Trinajstić information content (AvgIpc) is 3.02. The van der Waals surface area contributed by atoms with Gasteiger partial charge in [0.25, 0.3) is 0 Å². The fourth-order valence-corrected chi connectivity index (χ4v) is 3.37. The van der Waals surface area contributed by atoms with Crippen molar-refractivity contribution in [2.45, 2.75) is 26.5 Å². The lowest BCUT2D eigenvalue weighted by Gasteiger charge is -2.32. The Morgan fingerprint density at radius 3 is 3.04 bits per heavy atom. The Labute approximate surface area is 144 Å². The van der Waals surface area contributed by atoms with Crippen molar-refractivity contribution in [2.75, 3.05) is 19.7 Å². The molecule has 0 saturated carbocycles. The lowest BCUT2D eigenvalue weighted by molar-refractivity contribution is -0.0156. The summed E-state index contributed by atoms with van der Waals surface area (Å²) < 4.78 is 19.3. The molecule has 2 heterocycles. The lowest BCUT2D eigenvalue weighted by atomic mass is 10.1. The number of hydrogen-bond acceptors (Lipinski definition) is 4. The molecule has 1 aliphatic rings. The Bertz CT molecular complexity index is 734. The number of hydrogen-bond donors (Lipinski definition) is 1. The Kier molecular flexibility index (Phi) is 5.11. The minimum atomic E-state index is -0.257. The van der Waals surface area contributed by atoms with Crippen LogP contribution in [0.25, 0.3) is 0 Å². The summed E-state index contributed by atoms with van der Waals surface area (Å²) in [5, 5.41) is 5.71. The highest BCUT2D eigenvalue weighted by atomic mass is 32.1. The SMILES string of the molecule is Cc1csc([C@H]2CN(C(=O)NCc3ccc(C)c(F)c3)CCO2)n1. The number of aryl methyl sites for hydroxylation is 2. The third-order valence-electron chi connectivity index (χ3n) is 3.95. The van der Waals surface area contributed by atoms with E-state index in [4.69, 9.17) is 4.74 Å². The zero-order valence-corrected chi connectivity index (χ0v) is 14.5. The minimum absolute atomic E-state index is 0.169. The molecule has 1 atom stereocenters. The highest BCUT2D eigenvalue weighted by Crippen LogP contribution is 2.25.